The van der Waals surface area contributed by atoms with E-state index in [-0.39, 0.29) is 12.2 Å². The Morgan fingerprint density at radius 3 is 1.71 bits per heavy atom. The molecule has 0 saturated heterocycles. The van der Waals surface area contributed by atoms with Crippen molar-refractivity contribution in [2.45, 2.75) is 143 Å². The van der Waals surface area contributed by atoms with Crippen LogP contribution in [0.2, 0.25) is 0 Å². The second-order valence-electron chi connectivity index (χ2n) is 11.1. The Morgan fingerprint density at radius 2 is 1.21 bits per heavy atom. The number of aliphatic carboxylic acids is 1. The lowest BCUT2D eigenvalue weighted by atomic mass is 9.99. The molecule has 4 heteroatoms. The number of carbonyl (C=O) groups excluding carboxylic acids is 1. The van der Waals surface area contributed by atoms with Gasteiger partial charge in [-0.2, -0.15) is 0 Å². The quantitative estimate of drug-likeness (QED) is 0.123. The predicted molar refractivity (Wildman–Crippen MR) is 159 cm³/mol. The molecular formula is C34H53NO3. The van der Waals surface area contributed by atoms with Crippen molar-refractivity contribution in [3.63, 3.8) is 0 Å². The second-order valence-corrected chi connectivity index (χ2v) is 11.1. The molecular weight excluding hydrogens is 470 g/mol. The zero-order valence-corrected chi connectivity index (χ0v) is 24.5. The SMILES string of the molecule is CCCCCCCCCCCCCCCCCC(=O)c1c(C)c(CCC(=O)O)n(Cc2ccccc2)c1C. The van der Waals surface area contributed by atoms with Crippen LogP contribution in [-0.2, 0) is 17.8 Å². The number of hydrogen-bond donors (Lipinski definition) is 1. The molecule has 0 radical (unpaired) electrons. The van der Waals surface area contributed by atoms with E-state index in [0.29, 0.717) is 19.4 Å². The number of hydrogen-bond acceptors (Lipinski definition) is 2. The molecule has 1 aromatic heterocycles. The zero-order chi connectivity index (χ0) is 27.6. The Bertz CT molecular complexity index is 944. The fourth-order valence-electron chi connectivity index (χ4n) is 5.68. The van der Waals surface area contributed by atoms with Gasteiger partial charge in [0.15, 0.2) is 5.78 Å². The van der Waals surface area contributed by atoms with Gasteiger partial charge in [-0.25, -0.2) is 0 Å². The normalized spacial score (nSPS) is 11.2. The topological polar surface area (TPSA) is 59.3 Å². The van der Waals surface area contributed by atoms with E-state index < -0.39 is 5.97 Å². The maximum atomic E-state index is 13.2. The number of rotatable bonds is 22. The molecule has 2 rings (SSSR count). The van der Waals surface area contributed by atoms with E-state index in [1.54, 1.807) is 0 Å². The Balaban J connectivity index is 1.72. The van der Waals surface area contributed by atoms with Crippen LogP contribution in [0.15, 0.2) is 30.3 Å². The Morgan fingerprint density at radius 1 is 0.711 bits per heavy atom. The highest BCUT2D eigenvalue weighted by Crippen LogP contribution is 2.27. The van der Waals surface area contributed by atoms with Gasteiger partial charge in [-0.15, -0.1) is 0 Å². The summed E-state index contributed by atoms with van der Waals surface area (Å²) in [4.78, 5) is 24.5. The van der Waals surface area contributed by atoms with Gasteiger partial charge >= 0.3 is 5.97 Å². The summed E-state index contributed by atoms with van der Waals surface area (Å²) < 4.78 is 2.16. The van der Waals surface area contributed by atoms with E-state index in [1.165, 1.54) is 83.5 Å². The highest BCUT2D eigenvalue weighted by molar-refractivity contribution is 5.99. The number of nitrogens with zero attached hydrogens (tertiary/aromatic N) is 1. The lowest BCUT2D eigenvalue weighted by Gasteiger charge is -2.12. The number of benzene rings is 1. The van der Waals surface area contributed by atoms with Crippen molar-refractivity contribution >= 4 is 11.8 Å². The molecule has 0 aliphatic carbocycles. The molecule has 0 fully saturated rings. The van der Waals surface area contributed by atoms with Crippen molar-refractivity contribution in [1.29, 1.82) is 0 Å². The van der Waals surface area contributed by atoms with Crippen molar-refractivity contribution in [1.82, 2.24) is 4.57 Å². The van der Waals surface area contributed by atoms with Gasteiger partial charge in [-0.05, 0) is 37.8 Å². The number of carboxylic acids is 1. The van der Waals surface area contributed by atoms with Gasteiger partial charge in [-0.1, -0.05) is 127 Å². The molecule has 0 bridgehead atoms. The molecule has 2 aromatic rings. The number of ketones is 1. The number of aromatic nitrogens is 1. The minimum Gasteiger partial charge on any atom is -0.481 e. The molecule has 0 saturated carbocycles. The van der Waals surface area contributed by atoms with Gasteiger partial charge < -0.3 is 9.67 Å². The van der Waals surface area contributed by atoms with E-state index in [2.05, 4.69) is 23.6 Å². The molecule has 1 N–H and O–H groups in total. The number of unbranched alkanes of at least 4 members (excludes halogenated alkanes) is 14. The van der Waals surface area contributed by atoms with E-state index in [9.17, 15) is 14.7 Å². The molecule has 212 valence electrons. The Labute approximate surface area is 232 Å². The zero-order valence-electron chi connectivity index (χ0n) is 24.5. The summed E-state index contributed by atoms with van der Waals surface area (Å²) >= 11 is 0. The standard InChI is InChI=1S/C34H53NO3/c1-4-5-6-7-8-9-10-11-12-13-14-15-16-17-21-24-32(36)34-28(2)31(25-26-33(37)38)35(29(34)3)27-30-22-19-18-20-23-30/h18-20,22-23H,4-17,21,24-27H2,1-3H3,(H,37,38). The molecule has 0 aliphatic rings. The number of Topliss-reactive ketones (excluding diaryl/α,β-unsaturated/α-hetero) is 1. The van der Waals surface area contributed by atoms with Crippen molar-refractivity contribution in [2.75, 3.05) is 0 Å². The average molecular weight is 524 g/mol. The Kier molecular flexibility index (Phi) is 15.8. The molecule has 4 nitrogen and oxygen atoms in total. The summed E-state index contributed by atoms with van der Waals surface area (Å²) in [6, 6.07) is 10.2. The number of carboxylic acid groups (broad SMARTS) is 1. The van der Waals surface area contributed by atoms with Crippen LogP contribution in [0.1, 0.15) is 149 Å². The lowest BCUT2D eigenvalue weighted by molar-refractivity contribution is -0.137. The molecule has 0 aliphatic heterocycles. The molecule has 0 atom stereocenters. The summed E-state index contributed by atoms with van der Waals surface area (Å²) in [6.45, 7) is 6.94. The maximum absolute atomic E-state index is 13.2. The molecule has 0 spiro atoms. The van der Waals surface area contributed by atoms with Crippen LogP contribution in [0.25, 0.3) is 0 Å². The van der Waals surface area contributed by atoms with Crippen LogP contribution in [0.4, 0.5) is 0 Å². The molecule has 1 heterocycles. The molecule has 1 aromatic carbocycles. The van der Waals surface area contributed by atoms with Gasteiger partial charge in [0.2, 0.25) is 0 Å². The largest absolute Gasteiger partial charge is 0.481 e. The van der Waals surface area contributed by atoms with Crippen LogP contribution < -0.4 is 0 Å². The van der Waals surface area contributed by atoms with Gasteiger partial charge in [0.25, 0.3) is 0 Å². The second kappa shape index (κ2) is 18.8. The summed E-state index contributed by atoms with van der Waals surface area (Å²) in [7, 11) is 0. The summed E-state index contributed by atoms with van der Waals surface area (Å²) in [5, 5.41) is 9.26. The maximum Gasteiger partial charge on any atom is 0.303 e. The van der Waals surface area contributed by atoms with Crippen LogP contribution in [0.5, 0.6) is 0 Å². The van der Waals surface area contributed by atoms with Gasteiger partial charge in [0.1, 0.15) is 0 Å². The third-order valence-electron chi connectivity index (χ3n) is 7.95. The smallest absolute Gasteiger partial charge is 0.303 e. The first-order valence-electron chi connectivity index (χ1n) is 15.4. The summed E-state index contributed by atoms with van der Waals surface area (Å²) in [6.07, 6.45) is 20.8. The van der Waals surface area contributed by atoms with Crippen LogP contribution in [0, 0.1) is 13.8 Å². The monoisotopic (exact) mass is 523 g/mol. The van der Waals surface area contributed by atoms with Gasteiger partial charge in [-0.3, -0.25) is 9.59 Å². The summed E-state index contributed by atoms with van der Waals surface area (Å²) in [5.74, 6) is -0.599. The third-order valence-corrected chi connectivity index (χ3v) is 7.95. The van der Waals surface area contributed by atoms with Crippen LogP contribution >= 0.6 is 0 Å². The molecule has 38 heavy (non-hydrogen) atoms. The lowest BCUT2D eigenvalue weighted by Crippen LogP contribution is -2.09. The fourth-order valence-corrected chi connectivity index (χ4v) is 5.68. The van der Waals surface area contributed by atoms with Gasteiger partial charge in [0, 0.05) is 29.9 Å². The van der Waals surface area contributed by atoms with Gasteiger partial charge in [0.05, 0.1) is 6.42 Å². The summed E-state index contributed by atoms with van der Waals surface area (Å²) in [5.41, 5.74) is 4.88. The number of carbonyl (C=O) groups is 2. The minimum absolute atomic E-state index is 0.0752. The molecule has 0 unspecified atom stereocenters. The third kappa shape index (κ3) is 11.6. The van der Waals surface area contributed by atoms with Crippen molar-refractivity contribution in [2.24, 2.45) is 0 Å². The van der Waals surface area contributed by atoms with Crippen molar-refractivity contribution in [3.8, 4) is 0 Å². The first kappa shape index (κ1) is 31.9. The van der Waals surface area contributed by atoms with E-state index in [4.69, 9.17) is 0 Å². The van der Waals surface area contributed by atoms with E-state index in [1.807, 2.05) is 32.0 Å². The highest BCUT2D eigenvalue weighted by Gasteiger charge is 2.22. The van der Waals surface area contributed by atoms with E-state index in [0.717, 1.165) is 40.9 Å². The Hall–Kier alpha value is -2.36. The fraction of sp³-hybridized carbons (Fsp3) is 0.647. The van der Waals surface area contributed by atoms with E-state index >= 15 is 0 Å². The minimum atomic E-state index is -0.805. The van der Waals surface area contributed by atoms with Crippen LogP contribution in [-0.4, -0.2) is 21.4 Å². The predicted octanol–water partition coefficient (Wildman–Crippen LogP) is 9.61. The average Bonchev–Trinajstić information content (AvgIpc) is 3.13. The van der Waals surface area contributed by atoms with Crippen molar-refractivity contribution < 1.29 is 14.7 Å². The highest BCUT2D eigenvalue weighted by atomic mass is 16.4. The van der Waals surface area contributed by atoms with Crippen molar-refractivity contribution in [3.05, 3.63) is 58.4 Å². The first-order valence-corrected chi connectivity index (χ1v) is 15.4. The first-order chi connectivity index (χ1) is 18.5. The molecule has 0 amide bonds. The van der Waals surface area contributed by atoms with Crippen LogP contribution in [0.3, 0.4) is 0 Å².